The van der Waals surface area contributed by atoms with Gasteiger partial charge in [0.1, 0.15) is 18.0 Å². The number of nitrogens with zero attached hydrogens (tertiary/aromatic N) is 2. The summed E-state index contributed by atoms with van der Waals surface area (Å²) in [5, 5.41) is 10.0. The Labute approximate surface area is 115 Å². The van der Waals surface area contributed by atoms with Crippen LogP contribution in [0.15, 0.2) is 12.4 Å². The van der Waals surface area contributed by atoms with Gasteiger partial charge in [-0.3, -0.25) is 0 Å². The molecule has 0 spiro atoms. The zero-order chi connectivity index (χ0) is 13.9. The minimum absolute atomic E-state index is 0.246. The molecule has 5 nitrogen and oxygen atoms in total. The first-order valence-electron chi connectivity index (χ1n) is 7.00. The maximum atomic E-state index is 4.28. The van der Waals surface area contributed by atoms with Gasteiger partial charge in [-0.15, -0.1) is 0 Å². The number of hydrogen-bond acceptors (Lipinski definition) is 5. The topological polar surface area (TPSA) is 61.9 Å². The molecule has 1 saturated heterocycles. The van der Waals surface area contributed by atoms with Gasteiger partial charge in [0.15, 0.2) is 0 Å². The van der Waals surface area contributed by atoms with Gasteiger partial charge in [-0.05, 0) is 11.3 Å². The van der Waals surface area contributed by atoms with E-state index in [4.69, 9.17) is 0 Å². The lowest BCUT2D eigenvalue weighted by atomic mass is 9.81. The van der Waals surface area contributed by atoms with E-state index in [1.807, 2.05) is 6.07 Å². The van der Waals surface area contributed by atoms with Gasteiger partial charge in [-0.2, -0.15) is 0 Å². The molecule has 1 aliphatic rings. The molecule has 0 aliphatic carbocycles. The molecule has 106 valence electrons. The van der Waals surface area contributed by atoms with Crippen LogP contribution < -0.4 is 16.0 Å². The fourth-order valence-corrected chi connectivity index (χ4v) is 1.66. The van der Waals surface area contributed by atoms with Crippen molar-refractivity contribution in [2.24, 2.45) is 11.3 Å². The molecule has 3 N–H and O–H groups in total. The summed E-state index contributed by atoms with van der Waals surface area (Å²) in [6.45, 7) is 12.0. The molecule has 2 rings (SSSR count). The van der Waals surface area contributed by atoms with Gasteiger partial charge in [-0.25, -0.2) is 9.97 Å². The van der Waals surface area contributed by atoms with Gasteiger partial charge < -0.3 is 16.0 Å². The van der Waals surface area contributed by atoms with Crippen molar-refractivity contribution in [1.82, 2.24) is 15.3 Å². The van der Waals surface area contributed by atoms with Gasteiger partial charge in [0.25, 0.3) is 0 Å². The number of nitrogens with one attached hydrogen (secondary N) is 3. The fourth-order valence-electron chi connectivity index (χ4n) is 1.66. The predicted molar refractivity (Wildman–Crippen MR) is 79.4 cm³/mol. The van der Waals surface area contributed by atoms with Crippen molar-refractivity contribution >= 4 is 11.6 Å². The van der Waals surface area contributed by atoms with E-state index < -0.39 is 0 Å². The average Bonchev–Trinajstić information content (AvgIpc) is 2.32. The minimum Gasteiger partial charge on any atom is -0.369 e. The third-order valence-electron chi connectivity index (χ3n) is 4.09. The highest BCUT2D eigenvalue weighted by Crippen LogP contribution is 2.26. The zero-order valence-electron chi connectivity index (χ0n) is 12.3. The fraction of sp³-hybridized carbons (Fsp3) is 0.714. The van der Waals surface area contributed by atoms with Crippen LogP contribution in [0.4, 0.5) is 11.6 Å². The second-order valence-corrected chi connectivity index (χ2v) is 6.28. The normalized spacial score (nSPS) is 16.3. The largest absolute Gasteiger partial charge is 0.369 e. The van der Waals surface area contributed by atoms with E-state index >= 15 is 0 Å². The molecule has 1 aromatic rings. The first-order valence-corrected chi connectivity index (χ1v) is 7.00. The summed E-state index contributed by atoms with van der Waals surface area (Å²) in [6, 6.07) is 2.48. The van der Waals surface area contributed by atoms with Crippen molar-refractivity contribution in [1.29, 1.82) is 0 Å². The Hall–Kier alpha value is -1.36. The van der Waals surface area contributed by atoms with Crippen LogP contribution in [0.3, 0.4) is 0 Å². The van der Waals surface area contributed by atoms with Crippen molar-refractivity contribution < 1.29 is 0 Å². The van der Waals surface area contributed by atoms with E-state index in [0.29, 0.717) is 12.0 Å². The van der Waals surface area contributed by atoms with E-state index in [-0.39, 0.29) is 5.41 Å². The number of anilines is 2. The molecule has 1 aromatic heterocycles. The summed E-state index contributed by atoms with van der Waals surface area (Å²) >= 11 is 0. The molecule has 19 heavy (non-hydrogen) atoms. The Kier molecular flexibility index (Phi) is 4.24. The van der Waals surface area contributed by atoms with Crippen LogP contribution >= 0.6 is 0 Å². The standard InChI is InChI=1S/C14H25N5/c1-10(2)14(3,4)8-16-12-5-13(18-9-17-12)19-11-6-15-7-11/h5,9-11,15H,6-8H2,1-4H3,(H2,16,17,18,19). The molecule has 0 unspecified atom stereocenters. The van der Waals surface area contributed by atoms with Crippen molar-refractivity contribution in [2.75, 3.05) is 30.3 Å². The van der Waals surface area contributed by atoms with E-state index in [1.54, 1.807) is 6.33 Å². The predicted octanol–water partition coefficient (Wildman–Crippen LogP) is 1.95. The number of aromatic nitrogens is 2. The first-order chi connectivity index (χ1) is 8.97. The van der Waals surface area contributed by atoms with Crippen molar-refractivity contribution in [3.63, 3.8) is 0 Å². The van der Waals surface area contributed by atoms with Crippen LogP contribution in [0.2, 0.25) is 0 Å². The molecule has 5 heteroatoms. The summed E-state index contributed by atoms with van der Waals surface area (Å²) < 4.78 is 0. The maximum Gasteiger partial charge on any atom is 0.131 e. The third kappa shape index (κ3) is 3.80. The molecular weight excluding hydrogens is 238 g/mol. The second-order valence-electron chi connectivity index (χ2n) is 6.28. The molecule has 0 aromatic carbocycles. The third-order valence-corrected chi connectivity index (χ3v) is 4.09. The minimum atomic E-state index is 0.246. The van der Waals surface area contributed by atoms with Crippen LogP contribution in [0.1, 0.15) is 27.7 Å². The van der Waals surface area contributed by atoms with Gasteiger partial charge in [-0.1, -0.05) is 27.7 Å². The molecule has 0 radical (unpaired) electrons. The van der Waals surface area contributed by atoms with Crippen LogP contribution in [0.5, 0.6) is 0 Å². The monoisotopic (exact) mass is 263 g/mol. The van der Waals surface area contributed by atoms with E-state index in [9.17, 15) is 0 Å². The molecule has 0 atom stereocenters. The van der Waals surface area contributed by atoms with Crippen LogP contribution in [0, 0.1) is 11.3 Å². The molecule has 1 fully saturated rings. The van der Waals surface area contributed by atoms with Gasteiger partial charge in [0.2, 0.25) is 0 Å². The van der Waals surface area contributed by atoms with Crippen LogP contribution in [-0.2, 0) is 0 Å². The van der Waals surface area contributed by atoms with E-state index in [0.717, 1.165) is 31.3 Å². The lowest BCUT2D eigenvalue weighted by molar-refractivity contribution is 0.269. The van der Waals surface area contributed by atoms with E-state index in [2.05, 4.69) is 53.6 Å². The average molecular weight is 263 g/mol. The Morgan fingerprint density at radius 3 is 2.58 bits per heavy atom. The smallest absolute Gasteiger partial charge is 0.131 e. The summed E-state index contributed by atoms with van der Waals surface area (Å²) in [4.78, 5) is 8.53. The summed E-state index contributed by atoms with van der Waals surface area (Å²) in [5.74, 6) is 2.41. The maximum absolute atomic E-state index is 4.28. The number of rotatable bonds is 6. The first kappa shape index (κ1) is 14.1. The lowest BCUT2D eigenvalue weighted by Gasteiger charge is -2.30. The van der Waals surface area contributed by atoms with Gasteiger partial charge in [0, 0.05) is 25.7 Å². The molecule has 1 aliphatic heterocycles. The van der Waals surface area contributed by atoms with Crippen molar-refractivity contribution in [3.8, 4) is 0 Å². The zero-order valence-corrected chi connectivity index (χ0v) is 12.3. The lowest BCUT2D eigenvalue weighted by Crippen LogP contribution is -2.51. The second kappa shape index (κ2) is 5.74. The van der Waals surface area contributed by atoms with Crippen LogP contribution in [0.25, 0.3) is 0 Å². The van der Waals surface area contributed by atoms with Crippen molar-refractivity contribution in [2.45, 2.75) is 33.7 Å². The summed E-state index contributed by atoms with van der Waals surface area (Å²) in [6.07, 6.45) is 1.61. The Balaban J connectivity index is 1.91. The highest BCUT2D eigenvalue weighted by Gasteiger charge is 2.22. The number of hydrogen-bond donors (Lipinski definition) is 3. The Morgan fingerprint density at radius 1 is 1.32 bits per heavy atom. The molecule has 0 saturated carbocycles. The SMILES string of the molecule is CC(C)C(C)(C)CNc1cc(NC2CNC2)ncn1. The van der Waals surface area contributed by atoms with E-state index in [1.165, 1.54) is 0 Å². The quantitative estimate of drug-likeness (QED) is 0.732. The molecule has 0 amide bonds. The highest BCUT2D eigenvalue weighted by molar-refractivity contribution is 5.47. The van der Waals surface area contributed by atoms with Crippen LogP contribution in [-0.4, -0.2) is 35.6 Å². The molecule has 2 heterocycles. The molecular formula is C14H25N5. The highest BCUT2D eigenvalue weighted by atomic mass is 15.1. The Morgan fingerprint density at radius 2 is 2.00 bits per heavy atom. The summed E-state index contributed by atoms with van der Waals surface area (Å²) in [5.41, 5.74) is 0.246. The van der Waals surface area contributed by atoms with Gasteiger partial charge >= 0.3 is 0 Å². The van der Waals surface area contributed by atoms with Gasteiger partial charge in [0.05, 0.1) is 6.04 Å². The Bertz CT molecular complexity index is 412. The summed E-state index contributed by atoms with van der Waals surface area (Å²) in [7, 11) is 0. The van der Waals surface area contributed by atoms with Crippen molar-refractivity contribution in [3.05, 3.63) is 12.4 Å². The molecule has 0 bridgehead atoms.